The van der Waals surface area contributed by atoms with Gasteiger partial charge in [-0.2, -0.15) is 12.6 Å². The smallest absolute Gasteiger partial charge is 0.502 e. The summed E-state index contributed by atoms with van der Waals surface area (Å²) in [5.41, 5.74) is -3.60. The first kappa shape index (κ1) is 21.6. The van der Waals surface area contributed by atoms with E-state index in [1.807, 2.05) is 10.6 Å². The van der Waals surface area contributed by atoms with Gasteiger partial charge in [-0.1, -0.05) is 18.2 Å². The van der Waals surface area contributed by atoms with Crippen molar-refractivity contribution in [2.45, 2.75) is 18.6 Å². The minimum absolute atomic E-state index is 0.245. The number of amidine groups is 1. The Bertz CT molecular complexity index is 767. The molecule has 1 aromatic rings. The zero-order valence-electron chi connectivity index (χ0n) is 13.8. The van der Waals surface area contributed by atoms with Gasteiger partial charge < -0.3 is 25.9 Å². The van der Waals surface area contributed by atoms with Crippen molar-refractivity contribution in [3.63, 3.8) is 0 Å². The van der Waals surface area contributed by atoms with Gasteiger partial charge in [0, 0.05) is 12.7 Å². The van der Waals surface area contributed by atoms with Gasteiger partial charge in [-0.3, -0.25) is 15.1 Å². The number of carboxylic acids is 1. The number of carbonyl (C=O) groups excluding carboxylic acids is 1. The van der Waals surface area contributed by atoms with Crippen LogP contribution in [0.1, 0.15) is 12.5 Å². The molecule has 27 heavy (non-hydrogen) atoms. The number of nitrogens with zero attached hydrogens (tertiary/aromatic N) is 5. The van der Waals surface area contributed by atoms with E-state index in [1.54, 1.807) is 0 Å². The number of amides is 1. The van der Waals surface area contributed by atoms with E-state index in [-0.39, 0.29) is 4.90 Å². The SMILES string of the molecule is CC(=O)N(C(=N)C(c1ccccc1)(/[N+]([O-])=N/[O-])/[N+]([O-])=N/[O-])[C@@H](CS)C(=O)O. The largest absolute Gasteiger partial charge is 0.739 e. The fourth-order valence-electron chi connectivity index (χ4n) is 2.37. The molecular weight excluding hydrogens is 384 g/mol. The number of benzene rings is 1. The molecule has 0 bridgehead atoms. The molecule has 0 saturated heterocycles. The number of carboxylic acid groups (broad SMARTS) is 1. The first-order valence-corrected chi connectivity index (χ1v) is 7.72. The molecule has 146 valence electrons. The maximum atomic E-state index is 12.2. The Morgan fingerprint density at radius 1 is 1.26 bits per heavy atom. The van der Waals surface area contributed by atoms with E-state index in [9.17, 15) is 35.5 Å². The molecule has 0 fully saturated rings. The zero-order chi connectivity index (χ0) is 20.8. The van der Waals surface area contributed by atoms with Crippen molar-refractivity contribution >= 4 is 30.3 Å². The van der Waals surface area contributed by atoms with Crippen molar-refractivity contribution in [1.29, 1.82) is 5.41 Å². The second kappa shape index (κ2) is 8.79. The molecule has 1 atom stereocenters. The summed E-state index contributed by atoms with van der Waals surface area (Å²) in [7, 11) is 0. The Kier molecular flexibility index (Phi) is 7.04. The van der Waals surface area contributed by atoms with Crippen LogP contribution in [0.15, 0.2) is 40.9 Å². The number of thiol groups is 1. The highest BCUT2D eigenvalue weighted by Gasteiger charge is 2.62. The summed E-state index contributed by atoms with van der Waals surface area (Å²) in [4.78, 5) is 22.0. The number of nitrogens with one attached hydrogen (secondary N) is 1. The Labute approximate surface area is 157 Å². The Morgan fingerprint density at radius 3 is 2.07 bits per heavy atom. The van der Waals surface area contributed by atoms with Gasteiger partial charge in [0.2, 0.25) is 5.91 Å². The monoisotopic (exact) mass is 398 g/mol. The van der Waals surface area contributed by atoms with Crippen molar-refractivity contribution < 1.29 is 24.4 Å². The minimum atomic E-state index is -3.17. The number of aliphatic carboxylic acids is 1. The van der Waals surface area contributed by atoms with Gasteiger partial charge in [-0.15, -0.1) is 0 Å². The summed E-state index contributed by atoms with van der Waals surface area (Å²) in [6.07, 6.45) is 0. The maximum Gasteiger partial charge on any atom is 0.502 e. The summed E-state index contributed by atoms with van der Waals surface area (Å²) in [5, 5.41) is 67.9. The summed E-state index contributed by atoms with van der Waals surface area (Å²) >= 11 is 3.79. The molecule has 0 heterocycles. The average molecular weight is 398 g/mol. The number of hydrogen-bond acceptors (Lipinski definition) is 10. The van der Waals surface area contributed by atoms with E-state index in [4.69, 9.17) is 5.41 Å². The molecule has 1 aromatic carbocycles. The Morgan fingerprint density at radius 2 is 1.74 bits per heavy atom. The molecule has 1 amide bonds. The average Bonchev–Trinajstić information content (AvgIpc) is 2.65. The van der Waals surface area contributed by atoms with Gasteiger partial charge in [-0.05, 0) is 32.4 Å². The summed E-state index contributed by atoms with van der Waals surface area (Å²) in [5.74, 6) is -4.50. The van der Waals surface area contributed by atoms with Crippen molar-refractivity contribution in [3.8, 4) is 0 Å². The molecule has 0 aliphatic heterocycles. The highest BCUT2D eigenvalue weighted by molar-refractivity contribution is 7.80. The number of hydrogen-bond donors (Lipinski definition) is 3. The van der Waals surface area contributed by atoms with Crippen LogP contribution in [-0.2, 0) is 15.3 Å². The second-order valence-electron chi connectivity index (χ2n) is 5.02. The van der Waals surface area contributed by atoms with Crippen LogP contribution in [0.3, 0.4) is 0 Å². The van der Waals surface area contributed by atoms with E-state index in [0.29, 0.717) is 0 Å². The molecule has 1 rings (SSSR count). The van der Waals surface area contributed by atoms with Crippen LogP contribution in [0.25, 0.3) is 0 Å². The van der Waals surface area contributed by atoms with E-state index in [0.717, 1.165) is 19.1 Å². The zero-order valence-corrected chi connectivity index (χ0v) is 14.6. The van der Waals surface area contributed by atoms with Crippen molar-refractivity contribution in [3.05, 3.63) is 56.7 Å². The molecule has 0 spiro atoms. The molecule has 13 nitrogen and oxygen atoms in total. The molecule has 0 aromatic heterocycles. The first-order valence-electron chi connectivity index (χ1n) is 7.09. The molecule has 0 aliphatic carbocycles. The van der Waals surface area contributed by atoms with Crippen LogP contribution in [0.4, 0.5) is 0 Å². The number of carbonyl (C=O) groups is 2. The maximum absolute atomic E-state index is 12.2. The summed E-state index contributed by atoms with van der Waals surface area (Å²) in [6, 6.07) is 4.47. The third-order valence-electron chi connectivity index (χ3n) is 3.56. The number of hydroxylamine groups is 2. The molecule has 0 unspecified atom stereocenters. The fourth-order valence-corrected chi connectivity index (χ4v) is 2.69. The van der Waals surface area contributed by atoms with Gasteiger partial charge in [0.15, 0.2) is 0 Å². The molecular formula is C13H14N6O7S-2. The standard InChI is InChI=1S/C13H16N6O7S/c1-8(20)17(10(7-27)11(21)22)12(14)13(18(25)15-23,19(26)16-24)9-5-3-2-4-6-9/h2-6,10,14,23-24,27H,7H2,1H3,(H,21,22)/p-2/b14-12?,18-15-,19-16-/t10-/m0/s1. The molecule has 0 radical (unpaired) electrons. The molecule has 0 aliphatic rings. The predicted octanol–water partition coefficient (Wildman–Crippen LogP) is 0.969. The predicted molar refractivity (Wildman–Crippen MR) is 92.5 cm³/mol. The lowest BCUT2D eigenvalue weighted by Crippen LogP contribution is -2.61. The van der Waals surface area contributed by atoms with Crippen LogP contribution < -0.4 is 0 Å². The quantitative estimate of drug-likeness (QED) is 0.115. The van der Waals surface area contributed by atoms with Gasteiger partial charge in [0.25, 0.3) is 5.84 Å². The van der Waals surface area contributed by atoms with E-state index < -0.39 is 50.5 Å². The first-order chi connectivity index (χ1) is 12.7. The Hall–Kier alpha value is -3.42. The lowest BCUT2D eigenvalue weighted by atomic mass is 9.97. The van der Waals surface area contributed by atoms with E-state index in [2.05, 4.69) is 12.6 Å². The highest BCUT2D eigenvalue weighted by atomic mass is 32.1. The summed E-state index contributed by atoms with van der Waals surface area (Å²) in [6.45, 7) is 0.858. The lowest BCUT2D eigenvalue weighted by molar-refractivity contribution is -0.821. The Balaban J connectivity index is 3.89. The van der Waals surface area contributed by atoms with Gasteiger partial charge in [-0.25, -0.2) is 4.79 Å². The van der Waals surface area contributed by atoms with Crippen LogP contribution in [0.2, 0.25) is 0 Å². The molecule has 0 saturated carbocycles. The van der Waals surface area contributed by atoms with Gasteiger partial charge in [0.05, 0.1) is 0 Å². The highest BCUT2D eigenvalue weighted by Crippen LogP contribution is 2.31. The third-order valence-corrected chi connectivity index (χ3v) is 3.90. The second-order valence-corrected chi connectivity index (χ2v) is 5.39. The normalized spacial score (nSPS) is 13.7. The van der Waals surface area contributed by atoms with E-state index >= 15 is 0 Å². The van der Waals surface area contributed by atoms with Crippen LogP contribution in [0, 0.1) is 26.2 Å². The van der Waals surface area contributed by atoms with Crippen LogP contribution in [-0.4, -0.2) is 49.2 Å². The van der Waals surface area contributed by atoms with Crippen molar-refractivity contribution in [1.82, 2.24) is 4.90 Å². The topological polar surface area (TPSA) is 204 Å². The third kappa shape index (κ3) is 3.74. The van der Waals surface area contributed by atoms with Crippen molar-refractivity contribution in [2.75, 3.05) is 5.75 Å². The molecule has 14 heteroatoms. The fraction of sp³-hybridized carbons (Fsp3) is 0.308. The van der Waals surface area contributed by atoms with Gasteiger partial charge >= 0.3 is 11.6 Å². The van der Waals surface area contributed by atoms with Crippen LogP contribution in [0.5, 0.6) is 0 Å². The van der Waals surface area contributed by atoms with Crippen molar-refractivity contribution in [2.24, 2.45) is 10.6 Å². The lowest BCUT2D eigenvalue weighted by Gasteiger charge is -2.33. The van der Waals surface area contributed by atoms with Gasteiger partial charge in [0.1, 0.15) is 11.6 Å². The molecule has 2 N–H and O–H groups in total. The summed E-state index contributed by atoms with van der Waals surface area (Å²) < 4.78 is 0. The van der Waals surface area contributed by atoms with Crippen LogP contribution >= 0.6 is 12.6 Å². The minimum Gasteiger partial charge on any atom is -0.739 e. The number of rotatable bonds is 7. The van der Waals surface area contributed by atoms with E-state index in [1.165, 1.54) is 18.2 Å².